The van der Waals surface area contributed by atoms with E-state index in [1.807, 2.05) is 38.1 Å². The fraction of sp³-hybridized carbons (Fsp3) is 0.500. The van der Waals surface area contributed by atoms with E-state index >= 15 is 0 Å². The average Bonchev–Trinajstić information content (AvgIpc) is 2.80. The lowest BCUT2D eigenvalue weighted by atomic mass is 9.84. The van der Waals surface area contributed by atoms with Crippen LogP contribution in [-0.4, -0.2) is 41.9 Å². The zero-order valence-corrected chi connectivity index (χ0v) is 16.2. The number of benzene rings is 1. The minimum absolute atomic E-state index is 0.238. The molecule has 1 unspecified atom stereocenters. The zero-order chi connectivity index (χ0) is 20.3. The summed E-state index contributed by atoms with van der Waals surface area (Å²) in [5, 5.41) is 7.55. The van der Waals surface area contributed by atoms with Crippen LogP contribution in [0.2, 0.25) is 0 Å². The molecule has 150 valence electrons. The second-order valence-corrected chi connectivity index (χ2v) is 7.74. The lowest BCUT2D eigenvalue weighted by molar-refractivity contribution is -0.135. The Hall–Kier alpha value is -2.90. The topological polar surface area (TPSA) is 108 Å². The quantitative estimate of drug-likeness (QED) is 0.684. The molecule has 6 amide bonds. The van der Waals surface area contributed by atoms with Crippen LogP contribution in [0.3, 0.4) is 0 Å². The summed E-state index contributed by atoms with van der Waals surface area (Å²) in [4.78, 5) is 50.6. The van der Waals surface area contributed by atoms with Gasteiger partial charge in [-0.2, -0.15) is 0 Å². The molecule has 1 aromatic rings. The predicted molar refractivity (Wildman–Crippen MR) is 102 cm³/mol. The first-order valence-electron chi connectivity index (χ1n) is 9.63. The maximum absolute atomic E-state index is 13.2. The molecule has 3 N–H and O–H groups in total. The Morgan fingerprint density at radius 3 is 2.71 bits per heavy atom. The van der Waals surface area contributed by atoms with E-state index in [0.717, 1.165) is 35.3 Å². The fourth-order valence-corrected chi connectivity index (χ4v) is 3.77. The number of nitrogens with one attached hydrogen (secondary N) is 3. The summed E-state index contributed by atoms with van der Waals surface area (Å²) in [6, 6.07) is 6.34. The number of amides is 6. The summed E-state index contributed by atoms with van der Waals surface area (Å²) in [5.41, 5.74) is 0.695. The van der Waals surface area contributed by atoms with Crippen LogP contribution in [0.25, 0.3) is 0 Å². The largest absolute Gasteiger partial charge is 0.338 e. The third kappa shape index (κ3) is 3.85. The van der Waals surface area contributed by atoms with Crippen LogP contribution in [0.15, 0.2) is 24.3 Å². The van der Waals surface area contributed by atoms with Crippen molar-refractivity contribution in [3.63, 3.8) is 0 Å². The van der Waals surface area contributed by atoms with Gasteiger partial charge >= 0.3 is 12.1 Å². The highest BCUT2D eigenvalue weighted by Gasteiger charge is 2.53. The number of aryl methyl sites for hydroxylation is 1. The van der Waals surface area contributed by atoms with Crippen LogP contribution in [-0.2, 0) is 21.5 Å². The molecule has 0 aromatic heterocycles. The van der Waals surface area contributed by atoms with E-state index in [1.165, 1.54) is 0 Å². The lowest BCUT2D eigenvalue weighted by Gasteiger charge is -2.27. The van der Waals surface area contributed by atoms with E-state index in [4.69, 9.17) is 0 Å². The van der Waals surface area contributed by atoms with E-state index < -0.39 is 36.0 Å². The molecular formula is C20H26N4O4. The third-order valence-corrected chi connectivity index (χ3v) is 5.13. The maximum Gasteiger partial charge on any atom is 0.325 e. The molecule has 1 spiro atoms. The molecule has 0 saturated carbocycles. The van der Waals surface area contributed by atoms with E-state index in [2.05, 4.69) is 16.0 Å². The summed E-state index contributed by atoms with van der Waals surface area (Å²) in [6.45, 7) is 3.78. The maximum atomic E-state index is 13.2. The first kappa shape index (κ1) is 19.9. The Morgan fingerprint density at radius 2 is 1.96 bits per heavy atom. The minimum atomic E-state index is -1.13. The predicted octanol–water partition coefficient (Wildman–Crippen LogP) is 1.64. The van der Waals surface area contributed by atoms with Crippen LogP contribution >= 0.6 is 0 Å². The molecule has 1 aliphatic heterocycles. The van der Waals surface area contributed by atoms with Gasteiger partial charge < -0.3 is 10.6 Å². The molecule has 1 fully saturated rings. The van der Waals surface area contributed by atoms with E-state index in [0.29, 0.717) is 13.0 Å². The molecule has 8 nitrogen and oxygen atoms in total. The molecule has 1 aliphatic carbocycles. The van der Waals surface area contributed by atoms with Crippen molar-refractivity contribution in [3.05, 3.63) is 35.4 Å². The van der Waals surface area contributed by atoms with Gasteiger partial charge in [0.25, 0.3) is 5.91 Å². The van der Waals surface area contributed by atoms with Crippen molar-refractivity contribution >= 4 is 23.9 Å². The smallest absolute Gasteiger partial charge is 0.325 e. The summed E-state index contributed by atoms with van der Waals surface area (Å²) in [7, 11) is 0. The molecule has 3 rings (SSSR count). The van der Waals surface area contributed by atoms with Crippen LogP contribution < -0.4 is 16.0 Å². The number of urea groups is 2. The SMILES string of the molecule is CC(C)CNC(=O)NC(=O)CN1C(=O)NC2(CCCCc3ccccc32)C1=O. The first-order chi connectivity index (χ1) is 13.3. The summed E-state index contributed by atoms with van der Waals surface area (Å²) in [6.07, 6.45) is 3.05. The Morgan fingerprint density at radius 1 is 1.21 bits per heavy atom. The Bertz CT molecular complexity index is 807. The van der Waals surface area contributed by atoms with E-state index in [1.54, 1.807) is 0 Å². The van der Waals surface area contributed by atoms with Crippen molar-refractivity contribution in [2.24, 2.45) is 5.92 Å². The average molecular weight is 386 g/mol. The summed E-state index contributed by atoms with van der Waals surface area (Å²) in [5.74, 6) is -0.907. The molecule has 8 heteroatoms. The van der Waals surface area contributed by atoms with Gasteiger partial charge in [-0.05, 0) is 42.7 Å². The molecule has 1 saturated heterocycles. The molecule has 0 radical (unpaired) electrons. The number of nitrogens with zero attached hydrogens (tertiary/aromatic N) is 1. The molecule has 1 atom stereocenters. The highest BCUT2D eigenvalue weighted by atomic mass is 16.2. The number of hydrogen-bond donors (Lipinski definition) is 3. The monoisotopic (exact) mass is 386 g/mol. The van der Waals surface area contributed by atoms with Gasteiger partial charge in [0.15, 0.2) is 0 Å². The molecule has 1 aromatic carbocycles. The van der Waals surface area contributed by atoms with E-state index in [-0.39, 0.29) is 5.92 Å². The third-order valence-electron chi connectivity index (χ3n) is 5.13. The van der Waals surface area contributed by atoms with Gasteiger partial charge in [0.1, 0.15) is 12.1 Å². The number of carbonyl (C=O) groups is 4. The number of imide groups is 2. The highest BCUT2D eigenvalue weighted by molar-refractivity contribution is 6.10. The highest BCUT2D eigenvalue weighted by Crippen LogP contribution is 2.38. The Kier molecular flexibility index (Phi) is 5.67. The Balaban J connectivity index is 1.74. The second-order valence-electron chi connectivity index (χ2n) is 7.74. The number of fused-ring (bicyclic) bond motifs is 2. The standard InChI is InChI=1S/C20H26N4O4/c1-13(2)11-21-18(27)22-16(25)12-24-17(26)20(23-19(24)28)10-6-5-8-14-7-3-4-9-15(14)20/h3-4,7,9,13H,5-6,8,10-12H2,1-2H3,(H,23,28)(H2,21,22,25,27). The van der Waals surface area contributed by atoms with Crippen LogP contribution in [0.5, 0.6) is 0 Å². The van der Waals surface area contributed by atoms with Crippen LogP contribution in [0.1, 0.15) is 44.2 Å². The van der Waals surface area contributed by atoms with E-state index in [9.17, 15) is 19.2 Å². The van der Waals surface area contributed by atoms with Crippen molar-refractivity contribution in [2.45, 2.75) is 45.1 Å². The summed E-state index contributed by atoms with van der Waals surface area (Å²) < 4.78 is 0. The fourth-order valence-electron chi connectivity index (χ4n) is 3.77. The zero-order valence-electron chi connectivity index (χ0n) is 16.2. The van der Waals surface area contributed by atoms with Crippen molar-refractivity contribution < 1.29 is 19.2 Å². The molecule has 2 aliphatic rings. The van der Waals surface area contributed by atoms with Gasteiger partial charge in [0.05, 0.1) is 0 Å². The van der Waals surface area contributed by atoms with Crippen molar-refractivity contribution in [1.82, 2.24) is 20.9 Å². The van der Waals surface area contributed by atoms with Crippen molar-refractivity contribution in [3.8, 4) is 0 Å². The van der Waals surface area contributed by atoms with Gasteiger partial charge in [-0.15, -0.1) is 0 Å². The number of carbonyl (C=O) groups excluding carboxylic acids is 4. The second kappa shape index (κ2) is 8.00. The minimum Gasteiger partial charge on any atom is -0.338 e. The first-order valence-corrected chi connectivity index (χ1v) is 9.63. The molecule has 28 heavy (non-hydrogen) atoms. The van der Waals surface area contributed by atoms with Crippen molar-refractivity contribution in [1.29, 1.82) is 0 Å². The van der Waals surface area contributed by atoms with Gasteiger partial charge in [0.2, 0.25) is 5.91 Å². The van der Waals surface area contributed by atoms with Crippen molar-refractivity contribution in [2.75, 3.05) is 13.1 Å². The summed E-state index contributed by atoms with van der Waals surface area (Å²) >= 11 is 0. The molecular weight excluding hydrogens is 360 g/mol. The van der Waals surface area contributed by atoms with Gasteiger partial charge in [-0.3, -0.25) is 19.8 Å². The normalized spacial score (nSPS) is 21.3. The van der Waals surface area contributed by atoms with Gasteiger partial charge in [-0.25, -0.2) is 9.59 Å². The van der Waals surface area contributed by atoms with Gasteiger partial charge in [-0.1, -0.05) is 38.1 Å². The number of rotatable bonds is 4. The van der Waals surface area contributed by atoms with Crippen LogP contribution in [0.4, 0.5) is 9.59 Å². The van der Waals surface area contributed by atoms with Crippen LogP contribution in [0, 0.1) is 5.92 Å². The Labute approximate surface area is 164 Å². The molecule has 0 bridgehead atoms. The lowest BCUT2D eigenvalue weighted by Crippen LogP contribution is -2.48. The number of hydrogen-bond acceptors (Lipinski definition) is 4. The molecule has 1 heterocycles. The van der Waals surface area contributed by atoms with Gasteiger partial charge in [0, 0.05) is 6.54 Å².